The van der Waals surface area contributed by atoms with Crippen LogP contribution in [0.25, 0.3) is 0 Å². The van der Waals surface area contributed by atoms with E-state index in [9.17, 15) is 4.79 Å². The second-order valence-electron chi connectivity index (χ2n) is 5.56. The van der Waals surface area contributed by atoms with Crippen LogP contribution in [0.15, 0.2) is 0 Å². The molecule has 20 heavy (non-hydrogen) atoms. The van der Waals surface area contributed by atoms with Crippen LogP contribution in [0.5, 0.6) is 0 Å². The molecule has 1 aromatic rings. The van der Waals surface area contributed by atoms with Crippen LogP contribution in [0.3, 0.4) is 0 Å². The van der Waals surface area contributed by atoms with E-state index in [-0.39, 0.29) is 5.92 Å². The highest BCUT2D eigenvalue weighted by Crippen LogP contribution is 2.25. The maximum Gasteiger partial charge on any atom is 0.134 e. The lowest BCUT2D eigenvalue weighted by atomic mass is 9.94. The smallest absolute Gasteiger partial charge is 0.134 e. The zero-order valence-corrected chi connectivity index (χ0v) is 13.4. The van der Waals surface area contributed by atoms with E-state index in [1.165, 1.54) is 0 Å². The normalized spacial score (nSPS) is 20.3. The summed E-state index contributed by atoms with van der Waals surface area (Å²) >= 11 is 6.45. The van der Waals surface area contributed by atoms with Gasteiger partial charge in [-0.3, -0.25) is 14.4 Å². The van der Waals surface area contributed by atoms with Crippen molar-refractivity contribution in [1.29, 1.82) is 0 Å². The molecular weight excluding hydrogens is 274 g/mol. The van der Waals surface area contributed by atoms with Crippen LogP contribution in [0.1, 0.15) is 45.0 Å². The molecule has 2 rings (SSSR count). The number of aryl methyl sites for hydroxylation is 2. The number of ketones is 1. The molecule has 0 aromatic carbocycles. The van der Waals surface area contributed by atoms with E-state index < -0.39 is 0 Å². The first kappa shape index (κ1) is 15.5. The second kappa shape index (κ2) is 6.72. The summed E-state index contributed by atoms with van der Waals surface area (Å²) in [7, 11) is 0. The molecule has 0 N–H and O–H groups in total. The Bertz CT molecular complexity index is 484. The zero-order valence-electron chi connectivity index (χ0n) is 12.7. The van der Waals surface area contributed by atoms with Crippen molar-refractivity contribution in [3.8, 4) is 0 Å². The fraction of sp³-hybridized carbons (Fsp3) is 0.733. The molecule has 0 aliphatic carbocycles. The number of hydrogen-bond donors (Lipinski definition) is 0. The minimum absolute atomic E-state index is 0.186. The standard InChI is InChI=1S/C15H24ClN3O/c1-4-13-15(16)14(19(5-2)17-13)10-18-8-6-7-12(9-18)11(3)20/h12H,4-10H2,1-3H3. The number of nitrogens with zero attached hydrogens (tertiary/aromatic N) is 3. The van der Waals surface area contributed by atoms with E-state index in [1.807, 2.05) is 4.68 Å². The molecule has 1 atom stereocenters. The second-order valence-corrected chi connectivity index (χ2v) is 5.94. The van der Waals surface area contributed by atoms with Crippen LogP contribution in [0, 0.1) is 5.92 Å². The molecule has 1 saturated heterocycles. The molecule has 0 radical (unpaired) electrons. The molecule has 1 aliphatic heterocycles. The Balaban J connectivity index is 2.13. The first-order valence-corrected chi connectivity index (χ1v) is 7.91. The van der Waals surface area contributed by atoms with Gasteiger partial charge < -0.3 is 0 Å². The van der Waals surface area contributed by atoms with Crippen molar-refractivity contribution in [3.63, 3.8) is 0 Å². The molecule has 1 aliphatic rings. The third-order valence-corrected chi connectivity index (χ3v) is 4.58. The summed E-state index contributed by atoms with van der Waals surface area (Å²) in [6, 6.07) is 0. The highest BCUT2D eigenvalue weighted by Gasteiger charge is 2.25. The Morgan fingerprint density at radius 1 is 1.45 bits per heavy atom. The van der Waals surface area contributed by atoms with Crippen molar-refractivity contribution in [2.75, 3.05) is 13.1 Å². The average molecular weight is 298 g/mol. The van der Waals surface area contributed by atoms with E-state index in [0.29, 0.717) is 5.78 Å². The van der Waals surface area contributed by atoms with Gasteiger partial charge in [-0.25, -0.2) is 0 Å². The van der Waals surface area contributed by atoms with Crippen LogP contribution in [0.4, 0.5) is 0 Å². The van der Waals surface area contributed by atoms with Gasteiger partial charge in [0.1, 0.15) is 5.78 Å². The maximum absolute atomic E-state index is 11.6. The summed E-state index contributed by atoms with van der Waals surface area (Å²) in [5.74, 6) is 0.491. The van der Waals surface area contributed by atoms with Crippen molar-refractivity contribution in [3.05, 3.63) is 16.4 Å². The van der Waals surface area contributed by atoms with Crippen LogP contribution in [-0.4, -0.2) is 33.6 Å². The Labute approximate surface area is 126 Å². The molecule has 0 bridgehead atoms. The summed E-state index contributed by atoms with van der Waals surface area (Å²) < 4.78 is 2.00. The summed E-state index contributed by atoms with van der Waals surface area (Å²) in [5.41, 5.74) is 2.07. The fourth-order valence-corrected chi connectivity index (χ4v) is 3.24. The van der Waals surface area contributed by atoms with Crippen LogP contribution < -0.4 is 0 Å². The number of hydrogen-bond acceptors (Lipinski definition) is 3. The largest absolute Gasteiger partial charge is 0.300 e. The number of Topliss-reactive ketones (excluding diaryl/α,β-unsaturated/α-hetero) is 1. The number of likely N-dealkylation sites (tertiary alicyclic amines) is 1. The van der Waals surface area contributed by atoms with Crippen LogP contribution in [0.2, 0.25) is 5.02 Å². The first-order valence-electron chi connectivity index (χ1n) is 7.53. The summed E-state index contributed by atoms with van der Waals surface area (Å²) in [6.07, 6.45) is 2.96. The van der Waals surface area contributed by atoms with Gasteiger partial charge in [-0.15, -0.1) is 0 Å². The van der Waals surface area contributed by atoms with Gasteiger partial charge in [0, 0.05) is 25.6 Å². The lowest BCUT2D eigenvalue weighted by Gasteiger charge is -2.31. The van der Waals surface area contributed by atoms with Gasteiger partial charge in [-0.05, 0) is 39.7 Å². The topological polar surface area (TPSA) is 38.1 Å². The number of carbonyl (C=O) groups excluding carboxylic acids is 1. The molecule has 1 unspecified atom stereocenters. The molecule has 4 nitrogen and oxygen atoms in total. The van der Waals surface area contributed by atoms with Gasteiger partial charge in [0.2, 0.25) is 0 Å². The highest BCUT2D eigenvalue weighted by molar-refractivity contribution is 6.31. The number of aromatic nitrogens is 2. The van der Waals surface area contributed by atoms with Gasteiger partial charge in [0.15, 0.2) is 0 Å². The Kier molecular flexibility index (Phi) is 5.22. The number of carbonyl (C=O) groups is 1. The minimum Gasteiger partial charge on any atom is -0.300 e. The fourth-order valence-electron chi connectivity index (χ4n) is 2.91. The maximum atomic E-state index is 11.6. The molecule has 2 heterocycles. The SMILES string of the molecule is CCc1nn(CC)c(CN2CCCC(C(C)=O)C2)c1Cl. The molecule has 1 aromatic heterocycles. The van der Waals surface area contributed by atoms with E-state index in [1.54, 1.807) is 6.92 Å². The van der Waals surface area contributed by atoms with E-state index in [2.05, 4.69) is 23.8 Å². The van der Waals surface area contributed by atoms with Crippen molar-refractivity contribution < 1.29 is 4.79 Å². The lowest BCUT2D eigenvalue weighted by Crippen LogP contribution is -2.38. The molecular formula is C15H24ClN3O. The molecule has 5 heteroatoms. The molecule has 112 valence electrons. The van der Waals surface area contributed by atoms with Gasteiger partial charge in [0.25, 0.3) is 0 Å². The predicted octanol–water partition coefficient (Wildman–Crippen LogP) is 2.92. The van der Waals surface area contributed by atoms with E-state index >= 15 is 0 Å². The molecule has 0 saturated carbocycles. The molecule has 0 spiro atoms. The summed E-state index contributed by atoms with van der Waals surface area (Å²) in [4.78, 5) is 13.9. The number of piperidine rings is 1. The Hall–Kier alpha value is -0.870. The average Bonchev–Trinajstić information content (AvgIpc) is 2.75. The predicted molar refractivity (Wildman–Crippen MR) is 81.0 cm³/mol. The molecule has 1 fully saturated rings. The third-order valence-electron chi connectivity index (χ3n) is 4.15. The Morgan fingerprint density at radius 3 is 2.80 bits per heavy atom. The van der Waals surface area contributed by atoms with Gasteiger partial charge in [0.05, 0.1) is 16.4 Å². The lowest BCUT2D eigenvalue weighted by molar-refractivity contribution is -0.122. The summed E-state index contributed by atoms with van der Waals surface area (Å²) in [6.45, 7) is 9.37. The van der Waals surface area contributed by atoms with Crippen molar-refractivity contribution in [2.24, 2.45) is 5.92 Å². The van der Waals surface area contributed by atoms with Crippen LogP contribution in [-0.2, 0) is 24.3 Å². The van der Waals surface area contributed by atoms with Crippen molar-refractivity contribution >= 4 is 17.4 Å². The van der Waals surface area contributed by atoms with Gasteiger partial charge >= 0.3 is 0 Å². The minimum atomic E-state index is 0.186. The van der Waals surface area contributed by atoms with E-state index in [4.69, 9.17) is 11.6 Å². The van der Waals surface area contributed by atoms with Crippen molar-refractivity contribution in [1.82, 2.24) is 14.7 Å². The highest BCUT2D eigenvalue weighted by atomic mass is 35.5. The molecule has 0 amide bonds. The van der Waals surface area contributed by atoms with E-state index in [0.717, 1.165) is 61.9 Å². The Morgan fingerprint density at radius 2 is 2.20 bits per heavy atom. The third kappa shape index (κ3) is 3.23. The monoisotopic (exact) mass is 297 g/mol. The van der Waals surface area contributed by atoms with Crippen LogP contribution >= 0.6 is 11.6 Å². The van der Waals surface area contributed by atoms with Crippen molar-refractivity contribution in [2.45, 2.75) is 53.1 Å². The number of halogens is 1. The zero-order chi connectivity index (χ0) is 14.7. The summed E-state index contributed by atoms with van der Waals surface area (Å²) in [5, 5.41) is 5.36. The number of rotatable bonds is 5. The first-order chi connectivity index (χ1) is 9.56. The quantitative estimate of drug-likeness (QED) is 0.839. The van der Waals surface area contributed by atoms with Gasteiger partial charge in [-0.2, -0.15) is 5.10 Å². The van der Waals surface area contributed by atoms with Gasteiger partial charge in [-0.1, -0.05) is 18.5 Å².